The van der Waals surface area contributed by atoms with E-state index in [0.29, 0.717) is 22.3 Å². The third-order valence-corrected chi connectivity index (χ3v) is 6.34. The summed E-state index contributed by atoms with van der Waals surface area (Å²) in [4.78, 5) is 54.3. The van der Waals surface area contributed by atoms with Crippen molar-refractivity contribution >= 4 is 23.9 Å². The molecule has 4 aromatic carbocycles. The van der Waals surface area contributed by atoms with Gasteiger partial charge in [0, 0.05) is 0 Å². The Morgan fingerprint density at radius 3 is 0.952 bits per heavy atom. The van der Waals surface area contributed by atoms with E-state index in [0.717, 1.165) is 0 Å². The van der Waals surface area contributed by atoms with E-state index in [-0.39, 0.29) is 26.4 Å². The highest BCUT2D eigenvalue weighted by Gasteiger charge is 2.59. The summed E-state index contributed by atoms with van der Waals surface area (Å²) in [5, 5.41) is 0. The molecule has 0 bridgehead atoms. The van der Waals surface area contributed by atoms with Crippen molar-refractivity contribution in [2.24, 2.45) is 5.41 Å². The topological polar surface area (TPSA) is 105 Å². The Kier molecular flexibility index (Phi) is 10.6. The summed E-state index contributed by atoms with van der Waals surface area (Å²) in [6, 6.07) is 35.0. The fourth-order valence-electron chi connectivity index (χ4n) is 4.01. The second-order valence-corrected chi connectivity index (χ2v) is 9.41. The zero-order chi connectivity index (χ0) is 29.6. The van der Waals surface area contributed by atoms with Crippen molar-refractivity contribution in [3.63, 3.8) is 0 Å². The molecule has 0 N–H and O–H groups in total. The van der Waals surface area contributed by atoms with Crippen LogP contribution in [0.5, 0.6) is 0 Å². The second-order valence-electron chi connectivity index (χ2n) is 9.41. The zero-order valence-corrected chi connectivity index (χ0v) is 22.8. The molecule has 4 aromatic rings. The SMILES string of the molecule is O=C(CC(C(=O)OCc1ccccc1)(C(=O)OCc1ccccc1)C(=O)OCc1ccccc1)OCc1ccccc1. The standard InChI is InChI=1S/C34H30O8/c35-30(39-22-26-13-5-1-6-14-26)21-34(31(36)40-23-27-15-7-2-8-16-27,32(37)41-24-28-17-9-3-10-18-28)33(38)42-25-29-19-11-4-12-20-29/h1-20H,21-25H2. The lowest BCUT2D eigenvalue weighted by Gasteiger charge is -2.27. The predicted octanol–water partition coefficient (Wildman–Crippen LogP) is 5.34. The zero-order valence-electron chi connectivity index (χ0n) is 22.8. The summed E-state index contributed by atoms with van der Waals surface area (Å²) in [6.07, 6.45) is -0.977. The largest absolute Gasteiger partial charge is 0.461 e. The third-order valence-electron chi connectivity index (χ3n) is 6.34. The van der Waals surface area contributed by atoms with Gasteiger partial charge in [-0.2, -0.15) is 0 Å². The van der Waals surface area contributed by atoms with Crippen LogP contribution >= 0.6 is 0 Å². The van der Waals surface area contributed by atoms with Gasteiger partial charge in [0.15, 0.2) is 0 Å². The van der Waals surface area contributed by atoms with Gasteiger partial charge in [-0.25, -0.2) is 0 Å². The molecule has 0 spiro atoms. The van der Waals surface area contributed by atoms with Gasteiger partial charge in [-0.3, -0.25) is 19.2 Å². The van der Waals surface area contributed by atoms with Gasteiger partial charge in [0.05, 0.1) is 6.42 Å². The Bertz CT molecular complexity index is 1320. The molecule has 0 radical (unpaired) electrons. The lowest BCUT2D eigenvalue weighted by atomic mass is 9.84. The van der Waals surface area contributed by atoms with Gasteiger partial charge in [0.1, 0.15) is 26.4 Å². The molecule has 0 saturated heterocycles. The minimum atomic E-state index is -2.77. The van der Waals surface area contributed by atoms with Crippen molar-refractivity contribution in [1.29, 1.82) is 0 Å². The summed E-state index contributed by atoms with van der Waals surface area (Å²) < 4.78 is 21.7. The number of ether oxygens (including phenoxy) is 4. The van der Waals surface area contributed by atoms with Crippen LogP contribution in [-0.2, 0) is 64.6 Å². The maximum absolute atomic E-state index is 13.7. The number of hydrogen-bond acceptors (Lipinski definition) is 8. The molecule has 0 heterocycles. The highest BCUT2D eigenvalue weighted by Crippen LogP contribution is 2.31. The van der Waals surface area contributed by atoms with Crippen LogP contribution in [0.3, 0.4) is 0 Å². The van der Waals surface area contributed by atoms with Gasteiger partial charge in [0.25, 0.3) is 5.41 Å². The van der Waals surface area contributed by atoms with Crippen molar-refractivity contribution in [2.45, 2.75) is 32.8 Å². The van der Waals surface area contributed by atoms with Crippen LogP contribution < -0.4 is 0 Å². The van der Waals surface area contributed by atoms with Gasteiger partial charge in [-0.15, -0.1) is 0 Å². The molecule has 4 rings (SSSR count). The van der Waals surface area contributed by atoms with E-state index in [1.165, 1.54) is 0 Å². The minimum absolute atomic E-state index is 0.132. The molecule has 42 heavy (non-hydrogen) atoms. The van der Waals surface area contributed by atoms with Crippen LogP contribution in [-0.4, -0.2) is 23.9 Å². The molecule has 8 nitrogen and oxygen atoms in total. The maximum atomic E-state index is 13.7. The summed E-state index contributed by atoms with van der Waals surface area (Å²) in [7, 11) is 0. The molecule has 0 saturated carbocycles. The summed E-state index contributed by atoms with van der Waals surface area (Å²) in [5.41, 5.74) is -0.252. The maximum Gasteiger partial charge on any atom is 0.336 e. The van der Waals surface area contributed by atoms with E-state index in [1.54, 1.807) is 115 Å². The Morgan fingerprint density at radius 2 is 0.667 bits per heavy atom. The van der Waals surface area contributed by atoms with Crippen molar-refractivity contribution < 1.29 is 38.1 Å². The summed E-state index contributed by atoms with van der Waals surface area (Å²) in [6.45, 7) is -0.887. The Labute approximate surface area is 243 Å². The fraction of sp³-hybridized carbons (Fsp3) is 0.176. The Morgan fingerprint density at radius 1 is 0.405 bits per heavy atom. The van der Waals surface area contributed by atoms with E-state index in [1.807, 2.05) is 6.07 Å². The first-order valence-corrected chi connectivity index (χ1v) is 13.3. The molecular formula is C34H30O8. The van der Waals surface area contributed by atoms with E-state index >= 15 is 0 Å². The molecule has 0 amide bonds. The predicted molar refractivity (Wildman–Crippen MR) is 152 cm³/mol. The number of esters is 4. The summed E-state index contributed by atoms with van der Waals surface area (Å²) in [5.74, 6) is -4.82. The first-order chi connectivity index (χ1) is 20.5. The number of rotatable bonds is 13. The Balaban J connectivity index is 1.62. The van der Waals surface area contributed by atoms with Crippen LogP contribution in [0.1, 0.15) is 28.7 Å². The molecule has 0 aliphatic heterocycles. The highest BCUT2D eigenvalue weighted by molar-refractivity contribution is 6.19. The van der Waals surface area contributed by atoms with Gasteiger partial charge in [-0.05, 0) is 22.3 Å². The molecule has 0 aromatic heterocycles. The molecule has 214 valence electrons. The minimum Gasteiger partial charge on any atom is -0.461 e. The van der Waals surface area contributed by atoms with E-state index in [9.17, 15) is 19.2 Å². The smallest absolute Gasteiger partial charge is 0.336 e. The Hall–Kier alpha value is -5.24. The molecule has 0 fully saturated rings. The van der Waals surface area contributed by atoms with Crippen molar-refractivity contribution in [2.75, 3.05) is 0 Å². The van der Waals surface area contributed by atoms with E-state index in [2.05, 4.69) is 0 Å². The lowest BCUT2D eigenvalue weighted by Crippen LogP contribution is -2.51. The first-order valence-electron chi connectivity index (χ1n) is 13.3. The van der Waals surface area contributed by atoms with Gasteiger partial charge in [0.2, 0.25) is 0 Å². The molecule has 8 heteroatoms. The molecule has 0 atom stereocenters. The lowest BCUT2D eigenvalue weighted by molar-refractivity contribution is -0.190. The van der Waals surface area contributed by atoms with Gasteiger partial charge < -0.3 is 18.9 Å². The van der Waals surface area contributed by atoms with Crippen LogP contribution in [0.4, 0.5) is 0 Å². The second kappa shape index (κ2) is 14.9. The van der Waals surface area contributed by atoms with Crippen LogP contribution in [0.15, 0.2) is 121 Å². The van der Waals surface area contributed by atoms with Crippen LogP contribution in [0.25, 0.3) is 0 Å². The van der Waals surface area contributed by atoms with Crippen molar-refractivity contribution in [1.82, 2.24) is 0 Å². The van der Waals surface area contributed by atoms with Crippen LogP contribution in [0, 0.1) is 5.41 Å². The summed E-state index contributed by atoms with van der Waals surface area (Å²) >= 11 is 0. The van der Waals surface area contributed by atoms with E-state index in [4.69, 9.17) is 18.9 Å². The number of benzene rings is 4. The highest BCUT2D eigenvalue weighted by atomic mass is 16.6. The van der Waals surface area contributed by atoms with Gasteiger partial charge >= 0.3 is 23.9 Å². The molecule has 0 unspecified atom stereocenters. The first kappa shape index (κ1) is 29.7. The quantitative estimate of drug-likeness (QED) is 0.121. The van der Waals surface area contributed by atoms with Crippen molar-refractivity contribution in [3.05, 3.63) is 144 Å². The average Bonchev–Trinajstić information content (AvgIpc) is 3.04. The average molecular weight is 567 g/mol. The monoisotopic (exact) mass is 566 g/mol. The third kappa shape index (κ3) is 8.14. The number of carbonyl (C=O) groups is 4. The fourth-order valence-corrected chi connectivity index (χ4v) is 4.01. The molecular weight excluding hydrogens is 536 g/mol. The molecule has 0 aliphatic carbocycles. The van der Waals surface area contributed by atoms with Crippen molar-refractivity contribution in [3.8, 4) is 0 Å². The van der Waals surface area contributed by atoms with E-state index < -0.39 is 35.7 Å². The number of hydrogen-bond donors (Lipinski definition) is 0. The van der Waals surface area contributed by atoms with Crippen LogP contribution in [0.2, 0.25) is 0 Å². The normalized spacial score (nSPS) is 10.8. The van der Waals surface area contributed by atoms with Gasteiger partial charge in [-0.1, -0.05) is 121 Å². The molecule has 0 aliphatic rings. The number of carbonyl (C=O) groups excluding carboxylic acids is 4.